The van der Waals surface area contributed by atoms with Crippen molar-refractivity contribution in [3.63, 3.8) is 0 Å². The van der Waals surface area contributed by atoms with E-state index in [-0.39, 0.29) is 41.5 Å². The predicted molar refractivity (Wildman–Crippen MR) is 108 cm³/mol. The lowest BCUT2D eigenvalue weighted by Crippen LogP contribution is -2.70. The number of carbonyl (C=O) groups is 1. The minimum Gasteiger partial charge on any atom is -0.457 e. The zero-order valence-corrected chi connectivity index (χ0v) is 17.9. The van der Waals surface area contributed by atoms with Crippen molar-refractivity contribution in [2.45, 2.75) is 89.9 Å². The van der Waals surface area contributed by atoms with Crippen molar-refractivity contribution >= 4 is 5.97 Å². The first-order chi connectivity index (χ1) is 13.9. The Morgan fingerprint density at radius 3 is 2.79 bits per heavy atom. The fourth-order valence-electron chi connectivity index (χ4n) is 8.47. The average Bonchev–Trinajstić information content (AvgIpc) is 3.20. The van der Waals surface area contributed by atoms with Crippen LogP contribution in [0.5, 0.6) is 0 Å². The molecule has 160 valence electrons. The molecule has 4 saturated carbocycles. The molecule has 0 aromatic rings. The Bertz CT molecular complexity index is 726. The first kappa shape index (κ1) is 18.8. The van der Waals surface area contributed by atoms with Crippen LogP contribution in [0.1, 0.15) is 65.2 Å². The topological polar surface area (TPSA) is 48.0 Å². The van der Waals surface area contributed by atoms with Crippen molar-refractivity contribution in [2.75, 3.05) is 13.2 Å². The number of rotatable bonds is 2. The highest BCUT2D eigenvalue weighted by Crippen LogP contribution is 2.64. The van der Waals surface area contributed by atoms with Gasteiger partial charge in [0.15, 0.2) is 0 Å². The van der Waals surface area contributed by atoms with Crippen molar-refractivity contribution in [2.24, 2.45) is 28.6 Å². The summed E-state index contributed by atoms with van der Waals surface area (Å²) in [6.45, 7) is 10.2. The lowest BCUT2D eigenvalue weighted by molar-refractivity contribution is -0.318. The summed E-state index contributed by atoms with van der Waals surface area (Å²) in [7, 11) is 0. The van der Waals surface area contributed by atoms with E-state index in [1.807, 2.05) is 0 Å². The molecule has 0 aromatic heterocycles. The lowest BCUT2D eigenvalue weighted by Gasteiger charge is -2.66. The van der Waals surface area contributed by atoms with Crippen LogP contribution < -0.4 is 0 Å². The van der Waals surface area contributed by atoms with Crippen LogP contribution >= 0.6 is 0 Å². The van der Waals surface area contributed by atoms with Gasteiger partial charge in [-0.1, -0.05) is 19.9 Å². The monoisotopic (exact) mass is 401 g/mol. The number of esters is 1. The standard InChI is InChI=1S/C24H35NO4/c1-14-16-6-9-24(10-7-16,20(14)28-15(2)26)19-13-18-17-5-4-8-23(18,3)22-25(11-12-27-22)21(17)29-19/h16-22H,1,4-13H2,2-3H3/t16?,17?,18-,19+,20+,21+,22-,23-,24?/m1/s1. The lowest BCUT2D eigenvalue weighted by atomic mass is 9.50. The normalized spacial score (nSPS) is 53.6. The summed E-state index contributed by atoms with van der Waals surface area (Å²) in [4.78, 5) is 14.5. The van der Waals surface area contributed by atoms with E-state index >= 15 is 0 Å². The number of hydrogen-bond donors (Lipinski definition) is 0. The average molecular weight is 402 g/mol. The summed E-state index contributed by atoms with van der Waals surface area (Å²) in [5, 5.41) is 0. The third kappa shape index (κ3) is 2.41. The van der Waals surface area contributed by atoms with Crippen LogP contribution in [0.4, 0.5) is 0 Å². The van der Waals surface area contributed by atoms with Crippen LogP contribution in [0.3, 0.4) is 0 Å². The molecule has 5 heteroatoms. The Hall–Kier alpha value is -0.910. The molecule has 7 aliphatic rings. The fraction of sp³-hybridized carbons (Fsp3) is 0.875. The van der Waals surface area contributed by atoms with Crippen LogP contribution in [-0.4, -0.2) is 48.7 Å². The Morgan fingerprint density at radius 2 is 2.03 bits per heavy atom. The molecular formula is C24H35NO4. The number of piperidine rings is 1. The van der Waals surface area contributed by atoms with E-state index in [4.69, 9.17) is 14.2 Å². The van der Waals surface area contributed by atoms with Gasteiger partial charge in [0.1, 0.15) is 18.6 Å². The quantitative estimate of drug-likeness (QED) is 0.519. The van der Waals surface area contributed by atoms with E-state index in [9.17, 15) is 4.79 Å². The summed E-state index contributed by atoms with van der Waals surface area (Å²) < 4.78 is 19.3. The summed E-state index contributed by atoms with van der Waals surface area (Å²) in [6, 6.07) is 0. The number of nitrogens with zero attached hydrogens (tertiary/aromatic N) is 1. The number of carbonyl (C=O) groups excluding carboxylic acids is 1. The summed E-state index contributed by atoms with van der Waals surface area (Å²) in [6.07, 6.45) is 9.79. The van der Waals surface area contributed by atoms with Crippen LogP contribution in [-0.2, 0) is 19.0 Å². The highest BCUT2D eigenvalue weighted by Gasteiger charge is 2.66. The van der Waals surface area contributed by atoms with Gasteiger partial charge in [0.2, 0.25) is 0 Å². The van der Waals surface area contributed by atoms with Crippen LogP contribution in [0.25, 0.3) is 0 Å². The minimum absolute atomic E-state index is 0.0908. The highest BCUT2D eigenvalue weighted by molar-refractivity contribution is 5.66. The van der Waals surface area contributed by atoms with E-state index in [1.165, 1.54) is 39.0 Å². The second kappa shape index (κ2) is 6.30. The van der Waals surface area contributed by atoms with Crippen molar-refractivity contribution in [1.29, 1.82) is 0 Å². The molecule has 3 aliphatic heterocycles. The van der Waals surface area contributed by atoms with Crippen molar-refractivity contribution in [1.82, 2.24) is 4.90 Å². The molecular weight excluding hydrogens is 366 g/mol. The molecule has 3 heterocycles. The molecule has 7 fully saturated rings. The molecule has 4 aliphatic carbocycles. The van der Waals surface area contributed by atoms with E-state index < -0.39 is 0 Å². The molecule has 7 atom stereocenters. The molecule has 0 amide bonds. The van der Waals surface area contributed by atoms with E-state index in [0.717, 1.165) is 38.0 Å². The number of hydrogen-bond acceptors (Lipinski definition) is 5. The summed E-state index contributed by atoms with van der Waals surface area (Å²) in [5.41, 5.74) is 1.27. The first-order valence-corrected chi connectivity index (χ1v) is 11.8. The molecule has 6 bridgehead atoms. The molecule has 0 aromatic carbocycles. The van der Waals surface area contributed by atoms with Gasteiger partial charge in [0.05, 0.1) is 12.7 Å². The van der Waals surface area contributed by atoms with Crippen LogP contribution in [0.15, 0.2) is 12.2 Å². The first-order valence-electron chi connectivity index (χ1n) is 11.8. The Balaban J connectivity index is 1.38. The van der Waals surface area contributed by atoms with Gasteiger partial charge in [-0.2, -0.15) is 0 Å². The molecule has 29 heavy (non-hydrogen) atoms. The van der Waals surface area contributed by atoms with Crippen molar-refractivity contribution < 1.29 is 19.0 Å². The Labute approximate surface area is 174 Å². The van der Waals surface area contributed by atoms with Gasteiger partial charge in [-0.15, -0.1) is 0 Å². The molecule has 3 saturated heterocycles. The van der Waals surface area contributed by atoms with E-state index in [2.05, 4.69) is 18.4 Å². The molecule has 0 spiro atoms. The molecule has 0 radical (unpaired) electrons. The second-order valence-electron chi connectivity index (χ2n) is 11.0. The van der Waals surface area contributed by atoms with Crippen LogP contribution in [0, 0.1) is 28.6 Å². The van der Waals surface area contributed by atoms with Gasteiger partial charge >= 0.3 is 5.97 Å². The maximum Gasteiger partial charge on any atom is 0.303 e. The Morgan fingerprint density at radius 1 is 1.24 bits per heavy atom. The number of fused-ring (bicyclic) bond motifs is 6. The van der Waals surface area contributed by atoms with Gasteiger partial charge in [-0.3, -0.25) is 4.79 Å². The van der Waals surface area contributed by atoms with E-state index in [1.54, 1.807) is 0 Å². The van der Waals surface area contributed by atoms with Gasteiger partial charge in [0.25, 0.3) is 0 Å². The third-order valence-corrected chi connectivity index (χ3v) is 9.80. The largest absolute Gasteiger partial charge is 0.457 e. The van der Waals surface area contributed by atoms with E-state index in [0.29, 0.717) is 17.8 Å². The summed E-state index contributed by atoms with van der Waals surface area (Å²) >= 11 is 0. The molecule has 0 N–H and O–H groups in total. The van der Waals surface area contributed by atoms with Crippen LogP contribution in [0.2, 0.25) is 0 Å². The smallest absolute Gasteiger partial charge is 0.303 e. The van der Waals surface area contributed by atoms with Gasteiger partial charge in [0, 0.05) is 30.2 Å². The zero-order valence-electron chi connectivity index (χ0n) is 17.9. The second-order valence-corrected chi connectivity index (χ2v) is 11.0. The highest BCUT2D eigenvalue weighted by atomic mass is 16.6. The SMILES string of the molecule is C=C1C2CCC([C@@H]3C[C@@H]4C5CCC[C@@]4(C)[C@H]4OCCN4[C@H]5O3)(CC2)[C@H]1OC(C)=O. The molecule has 5 nitrogen and oxygen atoms in total. The molecule has 1 unspecified atom stereocenters. The Kier molecular flexibility index (Phi) is 4.09. The number of ether oxygens (including phenoxy) is 3. The maximum atomic E-state index is 12.0. The van der Waals surface area contributed by atoms with Gasteiger partial charge < -0.3 is 14.2 Å². The van der Waals surface area contributed by atoms with Crippen molar-refractivity contribution in [3.8, 4) is 0 Å². The van der Waals surface area contributed by atoms with Crippen molar-refractivity contribution in [3.05, 3.63) is 12.2 Å². The summed E-state index contributed by atoms with van der Waals surface area (Å²) in [5.74, 6) is 1.59. The molecule has 7 rings (SSSR count). The zero-order chi connectivity index (χ0) is 20.0. The minimum atomic E-state index is -0.184. The third-order valence-electron chi connectivity index (χ3n) is 9.80. The fourth-order valence-corrected chi connectivity index (χ4v) is 8.47. The van der Waals surface area contributed by atoms with Gasteiger partial charge in [-0.05, 0) is 62.4 Å². The predicted octanol–water partition coefficient (Wildman–Crippen LogP) is 3.87. The van der Waals surface area contributed by atoms with Gasteiger partial charge in [-0.25, -0.2) is 4.90 Å². The maximum absolute atomic E-state index is 12.0.